The molecule has 0 saturated heterocycles. The van der Waals surface area contributed by atoms with Gasteiger partial charge in [0.25, 0.3) is 0 Å². The summed E-state index contributed by atoms with van der Waals surface area (Å²) in [5, 5.41) is 20.5. The van der Waals surface area contributed by atoms with Crippen molar-refractivity contribution in [2.45, 2.75) is 12.2 Å². The summed E-state index contributed by atoms with van der Waals surface area (Å²) in [4.78, 5) is 14.5. The summed E-state index contributed by atoms with van der Waals surface area (Å²) < 4.78 is 4.26. The molecule has 1 aromatic rings. The van der Waals surface area contributed by atoms with Crippen LogP contribution in [0, 0.1) is 0 Å². The van der Waals surface area contributed by atoms with Crippen LogP contribution in [0.3, 0.4) is 0 Å². The highest BCUT2D eigenvalue weighted by Crippen LogP contribution is 2.19. The van der Waals surface area contributed by atoms with Crippen LogP contribution < -0.4 is 0 Å². The summed E-state index contributed by atoms with van der Waals surface area (Å²) in [6.45, 7) is 0. The molecule has 0 aromatic carbocycles. The number of hydrogen-bond donors (Lipinski definition) is 2. The molecule has 0 fully saturated rings. The molecule has 72 valence electrons. The molecule has 0 bridgehead atoms. The van der Waals surface area contributed by atoms with Crippen LogP contribution in [0.2, 0.25) is 0 Å². The Bertz CT molecular complexity index is 274. The first kappa shape index (κ1) is 10.1. The Kier molecular flexibility index (Phi) is 3.35. The quantitative estimate of drug-likeness (QED) is 0.660. The van der Waals surface area contributed by atoms with Gasteiger partial charge in [-0.3, -0.25) is 0 Å². The maximum absolute atomic E-state index is 10.8. The molecule has 0 aliphatic rings. The molecular weight excluding hydrogens is 194 g/mol. The predicted octanol–water partition coefficient (Wildman–Crippen LogP) is -0.290. The van der Waals surface area contributed by atoms with E-state index in [-0.39, 0.29) is 5.01 Å². The third-order valence-corrected chi connectivity index (χ3v) is 2.29. The molecule has 0 aliphatic heterocycles. The summed E-state index contributed by atoms with van der Waals surface area (Å²) in [5.41, 5.74) is 0. The zero-order valence-corrected chi connectivity index (χ0v) is 7.69. The molecule has 6 heteroatoms. The summed E-state index contributed by atoms with van der Waals surface area (Å²) in [7, 11) is 1.14. The average Bonchev–Trinajstić information content (AvgIpc) is 2.67. The van der Waals surface area contributed by atoms with Crippen LogP contribution in [0.15, 0.2) is 11.6 Å². The number of carbonyl (C=O) groups excluding carboxylic acids is 1. The molecule has 0 spiro atoms. The SMILES string of the molecule is COC(=O)C(O)C(O)c1nccs1. The molecule has 1 aromatic heterocycles. The second-order valence-corrected chi connectivity index (χ2v) is 3.21. The van der Waals surface area contributed by atoms with Gasteiger partial charge in [0, 0.05) is 11.6 Å². The zero-order valence-electron chi connectivity index (χ0n) is 6.88. The maximum atomic E-state index is 10.8. The molecule has 2 N–H and O–H groups in total. The molecule has 1 heterocycles. The van der Waals surface area contributed by atoms with E-state index in [0.29, 0.717) is 0 Å². The van der Waals surface area contributed by atoms with Gasteiger partial charge in [-0.1, -0.05) is 0 Å². The Hall–Kier alpha value is -0.980. The van der Waals surface area contributed by atoms with Gasteiger partial charge < -0.3 is 14.9 Å². The standard InChI is InChI=1S/C7H9NO4S/c1-12-7(11)5(10)4(9)6-8-2-3-13-6/h2-5,9-10H,1H3. The second-order valence-electron chi connectivity index (χ2n) is 2.28. The van der Waals surface area contributed by atoms with Gasteiger partial charge in [0.2, 0.25) is 0 Å². The fraction of sp³-hybridized carbons (Fsp3) is 0.429. The van der Waals surface area contributed by atoms with Crippen molar-refractivity contribution in [1.29, 1.82) is 0 Å². The van der Waals surface area contributed by atoms with Crippen LogP contribution in [0.25, 0.3) is 0 Å². The van der Waals surface area contributed by atoms with E-state index in [9.17, 15) is 15.0 Å². The van der Waals surface area contributed by atoms with E-state index in [1.54, 1.807) is 5.38 Å². The lowest BCUT2D eigenvalue weighted by atomic mass is 10.2. The third-order valence-electron chi connectivity index (χ3n) is 1.45. The lowest BCUT2D eigenvalue weighted by Gasteiger charge is -2.12. The second kappa shape index (κ2) is 4.31. The molecular formula is C7H9NO4S. The van der Waals surface area contributed by atoms with Gasteiger partial charge in [-0.05, 0) is 0 Å². The largest absolute Gasteiger partial charge is 0.467 e. The Morgan fingerprint density at radius 3 is 2.85 bits per heavy atom. The van der Waals surface area contributed by atoms with E-state index in [0.717, 1.165) is 18.4 Å². The minimum Gasteiger partial charge on any atom is -0.467 e. The van der Waals surface area contributed by atoms with Crippen LogP contribution in [0.4, 0.5) is 0 Å². The van der Waals surface area contributed by atoms with Crippen molar-refractivity contribution >= 4 is 17.3 Å². The first-order chi connectivity index (χ1) is 6.16. The van der Waals surface area contributed by atoms with E-state index in [4.69, 9.17) is 0 Å². The van der Waals surface area contributed by atoms with Crippen molar-refractivity contribution in [3.63, 3.8) is 0 Å². The Labute approximate surface area is 78.6 Å². The molecule has 2 atom stereocenters. The summed E-state index contributed by atoms with van der Waals surface area (Å²) in [6.07, 6.45) is -1.41. The first-order valence-corrected chi connectivity index (χ1v) is 4.38. The topological polar surface area (TPSA) is 79.7 Å². The van der Waals surface area contributed by atoms with Crippen LogP contribution in [0.5, 0.6) is 0 Å². The molecule has 0 aliphatic carbocycles. The summed E-state index contributed by atoms with van der Waals surface area (Å²) >= 11 is 1.16. The fourth-order valence-corrected chi connectivity index (χ4v) is 1.42. The Morgan fingerprint density at radius 1 is 1.69 bits per heavy atom. The van der Waals surface area contributed by atoms with Gasteiger partial charge in [-0.25, -0.2) is 9.78 Å². The third kappa shape index (κ3) is 2.24. The number of aromatic nitrogens is 1. The van der Waals surface area contributed by atoms with Crippen molar-refractivity contribution in [3.8, 4) is 0 Å². The van der Waals surface area contributed by atoms with Gasteiger partial charge >= 0.3 is 5.97 Å². The van der Waals surface area contributed by atoms with Crippen LogP contribution in [-0.2, 0) is 9.53 Å². The van der Waals surface area contributed by atoms with Gasteiger partial charge in [0.1, 0.15) is 11.1 Å². The summed E-state index contributed by atoms with van der Waals surface area (Å²) in [6, 6.07) is 0. The lowest BCUT2D eigenvalue weighted by molar-refractivity contribution is -0.156. The number of ether oxygens (including phenoxy) is 1. The van der Waals surface area contributed by atoms with Crippen LogP contribution in [-0.4, -0.2) is 34.4 Å². The number of aliphatic hydroxyl groups is 2. The van der Waals surface area contributed by atoms with E-state index in [1.165, 1.54) is 6.20 Å². The van der Waals surface area contributed by atoms with Crippen molar-refractivity contribution in [2.75, 3.05) is 7.11 Å². The van der Waals surface area contributed by atoms with Gasteiger partial charge in [0.05, 0.1) is 7.11 Å². The highest BCUT2D eigenvalue weighted by Gasteiger charge is 2.27. The van der Waals surface area contributed by atoms with Crippen LogP contribution in [0.1, 0.15) is 11.1 Å². The number of methoxy groups -OCH3 is 1. The van der Waals surface area contributed by atoms with E-state index in [1.807, 2.05) is 0 Å². The predicted molar refractivity (Wildman–Crippen MR) is 45.1 cm³/mol. The number of rotatable bonds is 3. The van der Waals surface area contributed by atoms with Crippen molar-refractivity contribution in [2.24, 2.45) is 0 Å². The van der Waals surface area contributed by atoms with Crippen molar-refractivity contribution in [3.05, 3.63) is 16.6 Å². The number of nitrogens with zero attached hydrogens (tertiary/aromatic N) is 1. The number of aliphatic hydroxyl groups excluding tert-OH is 2. The number of hydrogen-bond acceptors (Lipinski definition) is 6. The lowest BCUT2D eigenvalue weighted by Crippen LogP contribution is -2.28. The summed E-state index contributed by atoms with van der Waals surface area (Å²) in [5.74, 6) is -0.872. The van der Waals surface area contributed by atoms with Gasteiger partial charge in [0.15, 0.2) is 6.10 Å². The Balaban J connectivity index is 2.68. The minimum absolute atomic E-state index is 0.290. The van der Waals surface area contributed by atoms with Crippen molar-refractivity contribution in [1.82, 2.24) is 4.98 Å². The highest BCUT2D eigenvalue weighted by atomic mass is 32.1. The Morgan fingerprint density at radius 2 is 2.38 bits per heavy atom. The normalized spacial score (nSPS) is 15.0. The number of carbonyl (C=O) groups is 1. The first-order valence-electron chi connectivity index (χ1n) is 3.50. The molecule has 2 unspecified atom stereocenters. The zero-order chi connectivity index (χ0) is 9.84. The van der Waals surface area contributed by atoms with E-state index < -0.39 is 18.2 Å². The van der Waals surface area contributed by atoms with E-state index >= 15 is 0 Å². The molecule has 0 radical (unpaired) electrons. The van der Waals surface area contributed by atoms with Gasteiger partial charge in [-0.2, -0.15) is 0 Å². The molecule has 5 nitrogen and oxygen atoms in total. The maximum Gasteiger partial charge on any atom is 0.337 e. The molecule has 0 saturated carbocycles. The molecule has 0 amide bonds. The number of thiazole rings is 1. The highest BCUT2D eigenvalue weighted by molar-refractivity contribution is 7.09. The van der Waals surface area contributed by atoms with Crippen LogP contribution >= 0.6 is 11.3 Å². The molecule has 13 heavy (non-hydrogen) atoms. The minimum atomic E-state index is -1.57. The fourth-order valence-electron chi connectivity index (χ4n) is 0.765. The average molecular weight is 203 g/mol. The smallest absolute Gasteiger partial charge is 0.337 e. The molecule has 1 rings (SSSR count). The van der Waals surface area contributed by atoms with Crippen molar-refractivity contribution < 1.29 is 19.7 Å². The monoisotopic (exact) mass is 203 g/mol. The van der Waals surface area contributed by atoms with Gasteiger partial charge in [-0.15, -0.1) is 11.3 Å². The van der Waals surface area contributed by atoms with E-state index in [2.05, 4.69) is 9.72 Å². The number of esters is 1.